The zero-order chi connectivity index (χ0) is 24.9. The summed E-state index contributed by atoms with van der Waals surface area (Å²) < 4.78 is 6.93. The number of benzene rings is 3. The Labute approximate surface area is 210 Å². The second kappa shape index (κ2) is 10.6. The Balaban J connectivity index is 1.36. The van der Waals surface area contributed by atoms with E-state index in [2.05, 4.69) is 22.5 Å². The third-order valence-electron chi connectivity index (χ3n) is 6.38. The van der Waals surface area contributed by atoms with E-state index in [-0.39, 0.29) is 11.9 Å². The highest BCUT2D eigenvalue weighted by Gasteiger charge is 2.30. The maximum atomic E-state index is 13.2. The average Bonchev–Trinajstić information content (AvgIpc) is 3.67. The molecular formula is C30H29N3O3. The first kappa shape index (κ1) is 23.5. The molecule has 0 radical (unpaired) electrons. The smallest absolute Gasteiger partial charge is 0.358 e. The minimum Gasteiger partial charge on any atom is -0.461 e. The topological polar surface area (TPSA) is 73.2 Å². The van der Waals surface area contributed by atoms with Gasteiger partial charge < -0.3 is 10.1 Å². The first-order chi connectivity index (χ1) is 17.6. The van der Waals surface area contributed by atoms with Crippen LogP contribution in [0.25, 0.3) is 5.69 Å². The van der Waals surface area contributed by atoms with Crippen molar-refractivity contribution in [3.63, 3.8) is 0 Å². The van der Waals surface area contributed by atoms with Gasteiger partial charge in [0.05, 0.1) is 18.3 Å². The number of rotatable bonds is 9. The molecule has 1 amide bonds. The molecule has 36 heavy (non-hydrogen) atoms. The van der Waals surface area contributed by atoms with Crippen molar-refractivity contribution in [2.24, 2.45) is 0 Å². The van der Waals surface area contributed by atoms with Crippen molar-refractivity contribution in [3.8, 4) is 5.69 Å². The molecular weight excluding hydrogens is 450 g/mol. The van der Waals surface area contributed by atoms with Crippen LogP contribution in [0, 0.1) is 0 Å². The Bertz CT molecular complexity index is 1330. The van der Waals surface area contributed by atoms with Crippen LogP contribution in [0.2, 0.25) is 0 Å². The lowest BCUT2D eigenvalue weighted by atomic mass is 9.98. The molecule has 182 valence electrons. The van der Waals surface area contributed by atoms with E-state index < -0.39 is 5.97 Å². The SMILES string of the molecule is CCOC(=O)c1cc(C2CC2)n(-c2ccc(C(=O)N[C@@H](Cc3ccccc3)c3ccccc3)cc2)n1. The predicted molar refractivity (Wildman–Crippen MR) is 138 cm³/mol. The maximum Gasteiger partial charge on any atom is 0.358 e. The third kappa shape index (κ3) is 5.38. The molecule has 1 aliphatic carbocycles. The summed E-state index contributed by atoms with van der Waals surface area (Å²) in [5, 5.41) is 7.72. The van der Waals surface area contributed by atoms with E-state index in [1.807, 2.05) is 66.7 Å². The van der Waals surface area contributed by atoms with Gasteiger partial charge in [-0.2, -0.15) is 5.10 Å². The fraction of sp³-hybridized carbons (Fsp3) is 0.233. The number of aromatic nitrogens is 2. The van der Waals surface area contributed by atoms with Gasteiger partial charge in [-0.3, -0.25) is 4.79 Å². The highest BCUT2D eigenvalue weighted by molar-refractivity contribution is 5.94. The molecule has 0 bridgehead atoms. The summed E-state index contributed by atoms with van der Waals surface area (Å²) in [6.45, 7) is 2.09. The van der Waals surface area contributed by atoms with Crippen LogP contribution < -0.4 is 5.32 Å². The number of carbonyl (C=O) groups is 2. The lowest BCUT2D eigenvalue weighted by Crippen LogP contribution is -2.30. The Hall–Kier alpha value is -4.19. The van der Waals surface area contributed by atoms with E-state index in [0.717, 1.165) is 35.3 Å². The highest BCUT2D eigenvalue weighted by atomic mass is 16.5. The molecule has 0 saturated heterocycles. The molecule has 1 saturated carbocycles. The van der Waals surface area contributed by atoms with Crippen molar-refractivity contribution in [2.45, 2.75) is 38.1 Å². The zero-order valence-electron chi connectivity index (χ0n) is 20.3. The van der Waals surface area contributed by atoms with Gasteiger partial charge in [-0.05, 0) is 67.6 Å². The second-order valence-corrected chi connectivity index (χ2v) is 9.03. The van der Waals surface area contributed by atoms with Gasteiger partial charge in [-0.1, -0.05) is 60.7 Å². The number of nitrogens with one attached hydrogen (secondary N) is 1. The first-order valence-electron chi connectivity index (χ1n) is 12.4. The monoisotopic (exact) mass is 479 g/mol. The van der Waals surface area contributed by atoms with Gasteiger partial charge >= 0.3 is 5.97 Å². The van der Waals surface area contributed by atoms with Crippen molar-refractivity contribution >= 4 is 11.9 Å². The zero-order valence-corrected chi connectivity index (χ0v) is 20.3. The lowest BCUT2D eigenvalue weighted by molar-refractivity contribution is 0.0518. The number of esters is 1. The molecule has 1 N–H and O–H groups in total. The van der Waals surface area contributed by atoms with E-state index in [4.69, 9.17) is 4.74 Å². The third-order valence-corrected chi connectivity index (χ3v) is 6.38. The van der Waals surface area contributed by atoms with Crippen molar-refractivity contribution in [3.05, 3.63) is 119 Å². The summed E-state index contributed by atoms with van der Waals surface area (Å²) in [7, 11) is 0. The Morgan fingerprint density at radius 2 is 1.64 bits per heavy atom. The fourth-order valence-electron chi connectivity index (χ4n) is 4.36. The van der Waals surface area contributed by atoms with Crippen LogP contribution in [0.15, 0.2) is 91.0 Å². The molecule has 1 atom stereocenters. The Kier molecular flexibility index (Phi) is 6.94. The molecule has 3 aromatic carbocycles. The normalized spacial score (nSPS) is 13.7. The van der Waals surface area contributed by atoms with Gasteiger partial charge in [0.1, 0.15) is 0 Å². The molecule has 1 aromatic heterocycles. The van der Waals surface area contributed by atoms with Crippen LogP contribution in [0.4, 0.5) is 0 Å². The molecule has 1 heterocycles. The first-order valence-corrected chi connectivity index (χ1v) is 12.4. The van der Waals surface area contributed by atoms with Crippen LogP contribution >= 0.6 is 0 Å². The summed E-state index contributed by atoms with van der Waals surface area (Å²) >= 11 is 0. The summed E-state index contributed by atoms with van der Waals surface area (Å²) in [5.41, 5.74) is 4.91. The fourth-order valence-corrected chi connectivity index (χ4v) is 4.36. The van der Waals surface area contributed by atoms with Gasteiger partial charge in [0.2, 0.25) is 0 Å². The molecule has 1 aliphatic rings. The molecule has 6 heteroatoms. The summed E-state index contributed by atoms with van der Waals surface area (Å²) in [6.07, 6.45) is 2.86. The molecule has 0 unspecified atom stereocenters. The van der Waals surface area contributed by atoms with Crippen LogP contribution in [0.3, 0.4) is 0 Å². The number of hydrogen-bond acceptors (Lipinski definition) is 4. The predicted octanol–water partition coefficient (Wildman–Crippen LogP) is 5.64. The number of ether oxygens (including phenoxy) is 1. The number of amides is 1. The largest absolute Gasteiger partial charge is 0.461 e. The molecule has 0 spiro atoms. The molecule has 1 fully saturated rings. The molecule has 0 aliphatic heterocycles. The molecule has 4 aromatic rings. The van der Waals surface area contributed by atoms with Crippen molar-refractivity contribution < 1.29 is 14.3 Å². The number of carbonyl (C=O) groups excluding carboxylic acids is 2. The van der Waals surface area contributed by atoms with E-state index in [0.29, 0.717) is 30.2 Å². The van der Waals surface area contributed by atoms with Crippen LogP contribution in [0.5, 0.6) is 0 Å². The van der Waals surface area contributed by atoms with E-state index >= 15 is 0 Å². The standard InChI is InChI=1S/C30H29N3O3/c1-2-36-30(35)27-20-28(23-13-14-23)33(32-27)25-17-15-24(16-18-25)29(34)31-26(22-11-7-4-8-12-22)19-21-9-5-3-6-10-21/h3-12,15-18,20,23,26H,2,13-14,19H2,1H3,(H,31,34)/t26-/m0/s1. The van der Waals surface area contributed by atoms with Crippen LogP contribution in [-0.2, 0) is 11.2 Å². The maximum absolute atomic E-state index is 13.2. The average molecular weight is 480 g/mol. The van der Waals surface area contributed by atoms with Gasteiger partial charge in [0.25, 0.3) is 5.91 Å². The molecule has 5 rings (SSSR count). The highest BCUT2D eigenvalue weighted by Crippen LogP contribution is 2.41. The van der Waals surface area contributed by atoms with Crippen LogP contribution in [0.1, 0.15) is 69.4 Å². The minimum atomic E-state index is -0.417. The summed E-state index contributed by atoms with van der Waals surface area (Å²) in [6, 6.07) is 29.2. The lowest BCUT2D eigenvalue weighted by Gasteiger charge is -2.20. The van der Waals surface area contributed by atoms with E-state index in [1.54, 1.807) is 23.7 Å². The summed E-state index contributed by atoms with van der Waals surface area (Å²) in [4.78, 5) is 25.4. The van der Waals surface area contributed by atoms with Crippen molar-refractivity contribution in [2.75, 3.05) is 6.61 Å². The Morgan fingerprint density at radius 3 is 2.28 bits per heavy atom. The van der Waals surface area contributed by atoms with Crippen molar-refractivity contribution in [1.29, 1.82) is 0 Å². The van der Waals surface area contributed by atoms with Crippen LogP contribution in [-0.4, -0.2) is 28.3 Å². The van der Waals surface area contributed by atoms with Gasteiger partial charge in [-0.15, -0.1) is 0 Å². The van der Waals surface area contributed by atoms with Gasteiger partial charge in [-0.25, -0.2) is 9.48 Å². The van der Waals surface area contributed by atoms with Gasteiger partial charge in [0.15, 0.2) is 5.69 Å². The Morgan fingerprint density at radius 1 is 0.972 bits per heavy atom. The van der Waals surface area contributed by atoms with E-state index in [1.165, 1.54) is 0 Å². The second-order valence-electron chi connectivity index (χ2n) is 9.03. The van der Waals surface area contributed by atoms with Crippen molar-refractivity contribution in [1.82, 2.24) is 15.1 Å². The number of hydrogen-bond donors (Lipinski definition) is 1. The minimum absolute atomic E-state index is 0.138. The summed E-state index contributed by atoms with van der Waals surface area (Å²) in [5.74, 6) is -0.158. The molecule has 6 nitrogen and oxygen atoms in total. The number of nitrogens with zero attached hydrogens (tertiary/aromatic N) is 2. The van der Waals surface area contributed by atoms with Gasteiger partial charge in [0, 0.05) is 17.2 Å². The van der Waals surface area contributed by atoms with E-state index in [9.17, 15) is 9.59 Å². The quantitative estimate of drug-likeness (QED) is 0.315.